The van der Waals surface area contributed by atoms with Gasteiger partial charge in [0.2, 0.25) is 0 Å². The van der Waals surface area contributed by atoms with Gasteiger partial charge in [-0.3, -0.25) is 4.98 Å². The van der Waals surface area contributed by atoms with Gasteiger partial charge < -0.3 is 10.8 Å². The van der Waals surface area contributed by atoms with E-state index in [1.807, 2.05) is 0 Å². The van der Waals surface area contributed by atoms with Crippen molar-refractivity contribution < 1.29 is 13.9 Å². The molecule has 72 valence electrons. The number of aliphatic hydroxyl groups is 1. The van der Waals surface area contributed by atoms with Crippen molar-refractivity contribution in [2.75, 3.05) is 5.73 Å². The average molecular weight is 209 g/mol. The molecular weight excluding hydrogens is 202 g/mol. The first-order valence-electron chi connectivity index (χ1n) is 3.39. The molecule has 0 aromatic carbocycles. The van der Waals surface area contributed by atoms with Gasteiger partial charge in [0, 0.05) is 5.56 Å². The van der Waals surface area contributed by atoms with Crippen LogP contribution in [0.4, 0.5) is 14.5 Å². The number of aromatic nitrogens is 1. The second kappa shape index (κ2) is 3.85. The molecule has 1 aromatic heterocycles. The van der Waals surface area contributed by atoms with Crippen LogP contribution in [0, 0.1) is 0 Å². The maximum Gasteiger partial charge on any atom is 0.281 e. The van der Waals surface area contributed by atoms with Crippen LogP contribution in [0.2, 0.25) is 5.02 Å². The molecule has 0 atom stereocenters. The summed E-state index contributed by atoms with van der Waals surface area (Å²) < 4.78 is 24.4. The summed E-state index contributed by atoms with van der Waals surface area (Å²) in [7, 11) is 0. The number of hydrogen-bond donors (Lipinski definition) is 2. The van der Waals surface area contributed by atoms with Crippen molar-refractivity contribution in [2.24, 2.45) is 0 Å². The molecule has 0 fully saturated rings. The summed E-state index contributed by atoms with van der Waals surface area (Å²) in [6.07, 6.45) is -1.71. The van der Waals surface area contributed by atoms with Gasteiger partial charge in [0.05, 0.1) is 23.5 Å². The van der Waals surface area contributed by atoms with Gasteiger partial charge in [-0.25, -0.2) is 8.78 Å². The van der Waals surface area contributed by atoms with E-state index in [4.69, 9.17) is 22.4 Å². The maximum atomic E-state index is 12.2. The second-order valence-corrected chi connectivity index (χ2v) is 2.73. The standard InChI is InChI=1S/C7H7ClF2N2O/c8-5-3(2-13)4(11)1-12-6(5)7(9)10/h1,7,13H,2,11H2. The van der Waals surface area contributed by atoms with Crippen molar-refractivity contribution in [2.45, 2.75) is 13.0 Å². The monoisotopic (exact) mass is 208 g/mol. The Morgan fingerprint density at radius 3 is 2.69 bits per heavy atom. The molecule has 3 nitrogen and oxygen atoms in total. The van der Waals surface area contributed by atoms with Gasteiger partial charge in [0.25, 0.3) is 6.43 Å². The molecule has 0 radical (unpaired) electrons. The molecule has 0 aliphatic carbocycles. The highest BCUT2D eigenvalue weighted by Crippen LogP contribution is 2.30. The average Bonchev–Trinajstić information content (AvgIpc) is 2.04. The van der Waals surface area contributed by atoms with Crippen LogP contribution in [0.25, 0.3) is 0 Å². The van der Waals surface area contributed by atoms with Crippen molar-refractivity contribution >= 4 is 17.3 Å². The number of alkyl halides is 2. The Morgan fingerprint density at radius 1 is 1.62 bits per heavy atom. The van der Waals surface area contributed by atoms with Crippen molar-refractivity contribution in [3.63, 3.8) is 0 Å². The predicted octanol–water partition coefficient (Wildman–Crippen LogP) is 1.75. The highest BCUT2D eigenvalue weighted by atomic mass is 35.5. The maximum absolute atomic E-state index is 12.2. The molecule has 0 aliphatic rings. The lowest BCUT2D eigenvalue weighted by atomic mass is 10.2. The Kier molecular flexibility index (Phi) is 3.00. The minimum atomic E-state index is -2.77. The number of aliphatic hydroxyl groups excluding tert-OH is 1. The summed E-state index contributed by atoms with van der Waals surface area (Å²) in [5, 5.41) is 8.50. The van der Waals surface area contributed by atoms with E-state index in [1.165, 1.54) is 0 Å². The molecular formula is C7H7ClF2N2O. The third-order valence-electron chi connectivity index (χ3n) is 1.55. The first-order valence-corrected chi connectivity index (χ1v) is 3.77. The Morgan fingerprint density at radius 2 is 2.23 bits per heavy atom. The number of nitrogen functional groups attached to an aromatic ring is 1. The van der Waals surface area contributed by atoms with Crippen LogP contribution in [0.5, 0.6) is 0 Å². The number of pyridine rings is 1. The normalized spacial score (nSPS) is 10.8. The fourth-order valence-electron chi connectivity index (χ4n) is 0.868. The van der Waals surface area contributed by atoms with Crippen LogP contribution in [-0.2, 0) is 6.61 Å². The molecule has 0 saturated carbocycles. The molecule has 6 heteroatoms. The Bertz CT molecular complexity index is 320. The van der Waals surface area contributed by atoms with E-state index in [9.17, 15) is 8.78 Å². The van der Waals surface area contributed by atoms with Crippen molar-refractivity contribution in [1.29, 1.82) is 0 Å². The van der Waals surface area contributed by atoms with E-state index in [1.54, 1.807) is 0 Å². The third kappa shape index (κ3) is 1.87. The van der Waals surface area contributed by atoms with E-state index in [-0.39, 0.29) is 16.3 Å². The molecule has 3 N–H and O–H groups in total. The number of nitrogens with two attached hydrogens (primary N) is 1. The zero-order valence-electron chi connectivity index (χ0n) is 6.47. The van der Waals surface area contributed by atoms with Gasteiger partial charge in [-0.2, -0.15) is 0 Å². The van der Waals surface area contributed by atoms with E-state index >= 15 is 0 Å². The summed E-state index contributed by atoms with van der Waals surface area (Å²) in [4.78, 5) is 3.37. The summed E-state index contributed by atoms with van der Waals surface area (Å²) in [5.41, 5.74) is 4.99. The smallest absolute Gasteiger partial charge is 0.281 e. The summed E-state index contributed by atoms with van der Waals surface area (Å²) >= 11 is 5.53. The van der Waals surface area contributed by atoms with Gasteiger partial charge in [-0.15, -0.1) is 0 Å². The highest BCUT2D eigenvalue weighted by molar-refractivity contribution is 6.32. The quantitative estimate of drug-likeness (QED) is 0.779. The zero-order chi connectivity index (χ0) is 10.0. The van der Waals surface area contributed by atoms with Gasteiger partial charge in [-0.05, 0) is 0 Å². The van der Waals surface area contributed by atoms with Crippen LogP contribution >= 0.6 is 11.6 Å². The Balaban J connectivity index is 3.27. The Hall–Kier alpha value is -0.940. The van der Waals surface area contributed by atoms with Gasteiger partial charge in [0.1, 0.15) is 5.69 Å². The lowest BCUT2D eigenvalue weighted by Crippen LogP contribution is -2.01. The lowest BCUT2D eigenvalue weighted by Gasteiger charge is -2.08. The molecule has 0 aliphatic heterocycles. The van der Waals surface area contributed by atoms with Crippen LogP contribution in [0.3, 0.4) is 0 Å². The van der Waals surface area contributed by atoms with Crippen LogP contribution in [-0.4, -0.2) is 10.1 Å². The lowest BCUT2D eigenvalue weighted by molar-refractivity contribution is 0.146. The summed E-state index contributed by atoms with van der Waals surface area (Å²) in [6.45, 7) is -0.479. The first kappa shape index (κ1) is 10.1. The second-order valence-electron chi connectivity index (χ2n) is 2.35. The summed E-state index contributed by atoms with van der Waals surface area (Å²) in [5.74, 6) is 0. The van der Waals surface area contributed by atoms with Crippen molar-refractivity contribution in [3.8, 4) is 0 Å². The number of rotatable bonds is 2. The molecule has 0 unspecified atom stereocenters. The van der Waals surface area contributed by atoms with Crippen molar-refractivity contribution in [1.82, 2.24) is 4.98 Å². The predicted molar refractivity (Wildman–Crippen MR) is 44.5 cm³/mol. The minimum Gasteiger partial charge on any atom is -0.397 e. The van der Waals surface area contributed by atoms with Crippen LogP contribution in [0.1, 0.15) is 17.7 Å². The molecule has 0 saturated heterocycles. The van der Waals surface area contributed by atoms with E-state index in [0.29, 0.717) is 0 Å². The van der Waals surface area contributed by atoms with Crippen LogP contribution < -0.4 is 5.73 Å². The number of nitrogens with zero attached hydrogens (tertiary/aromatic N) is 1. The molecule has 13 heavy (non-hydrogen) atoms. The molecule has 0 spiro atoms. The van der Waals surface area contributed by atoms with Gasteiger partial charge >= 0.3 is 0 Å². The van der Waals surface area contributed by atoms with Gasteiger partial charge in [0.15, 0.2) is 0 Å². The topological polar surface area (TPSA) is 59.1 Å². The van der Waals surface area contributed by atoms with E-state index in [2.05, 4.69) is 4.98 Å². The highest BCUT2D eigenvalue weighted by Gasteiger charge is 2.17. The van der Waals surface area contributed by atoms with Crippen LogP contribution in [0.15, 0.2) is 6.20 Å². The Labute approximate surface area is 78.1 Å². The zero-order valence-corrected chi connectivity index (χ0v) is 7.22. The minimum absolute atomic E-state index is 0.0898. The number of anilines is 1. The number of halogens is 3. The van der Waals surface area contributed by atoms with E-state index in [0.717, 1.165) is 6.20 Å². The van der Waals surface area contributed by atoms with E-state index < -0.39 is 18.7 Å². The van der Waals surface area contributed by atoms with Crippen molar-refractivity contribution in [3.05, 3.63) is 22.5 Å². The number of hydrogen-bond acceptors (Lipinski definition) is 3. The molecule has 1 aromatic rings. The SMILES string of the molecule is Nc1cnc(C(F)F)c(Cl)c1CO. The third-order valence-corrected chi connectivity index (χ3v) is 1.97. The molecule has 1 heterocycles. The van der Waals surface area contributed by atoms with Gasteiger partial charge in [-0.1, -0.05) is 11.6 Å². The fraction of sp³-hybridized carbons (Fsp3) is 0.286. The summed E-state index contributed by atoms with van der Waals surface area (Å²) in [6, 6.07) is 0. The largest absolute Gasteiger partial charge is 0.397 e. The molecule has 1 rings (SSSR count). The first-order chi connectivity index (χ1) is 6.07. The fourth-order valence-corrected chi connectivity index (χ4v) is 1.17. The molecule has 0 amide bonds. The molecule has 0 bridgehead atoms.